The van der Waals surface area contributed by atoms with E-state index in [1.165, 1.54) is 10.2 Å². The number of piperazine rings is 1. The number of aromatic nitrogens is 2. The van der Waals surface area contributed by atoms with Gasteiger partial charge in [0.2, 0.25) is 0 Å². The SMILES string of the molecule is CCc1nn(CC)c(CN2CCN(CCO)CC2)c1Br. The van der Waals surface area contributed by atoms with Gasteiger partial charge in [0.15, 0.2) is 0 Å². The molecule has 5 nitrogen and oxygen atoms in total. The van der Waals surface area contributed by atoms with Crippen LogP contribution in [0.5, 0.6) is 0 Å². The number of β-amino-alcohol motifs (C(OH)–C–C–N with tert-alkyl or cyclic N) is 1. The largest absolute Gasteiger partial charge is 0.395 e. The van der Waals surface area contributed by atoms with E-state index in [0.29, 0.717) is 0 Å². The van der Waals surface area contributed by atoms with Gasteiger partial charge in [-0.1, -0.05) is 6.92 Å². The first-order chi connectivity index (χ1) is 9.69. The van der Waals surface area contributed by atoms with E-state index >= 15 is 0 Å². The summed E-state index contributed by atoms with van der Waals surface area (Å²) in [4.78, 5) is 4.79. The highest BCUT2D eigenvalue weighted by Crippen LogP contribution is 2.24. The van der Waals surface area contributed by atoms with Crippen LogP contribution in [0, 0.1) is 0 Å². The number of hydrogen-bond donors (Lipinski definition) is 1. The molecule has 0 unspecified atom stereocenters. The van der Waals surface area contributed by atoms with Gasteiger partial charge in [-0.05, 0) is 29.3 Å². The lowest BCUT2D eigenvalue weighted by molar-refractivity contribution is 0.106. The van der Waals surface area contributed by atoms with Crippen LogP contribution in [0.1, 0.15) is 25.2 Å². The average Bonchev–Trinajstić information content (AvgIpc) is 2.77. The standard InChI is InChI=1S/C14H25BrN4O/c1-3-12-14(15)13(19(4-2)16-12)11-18-7-5-17(6-8-18)9-10-20/h20H,3-11H2,1-2H3. The lowest BCUT2D eigenvalue weighted by Gasteiger charge is -2.34. The van der Waals surface area contributed by atoms with Crippen LogP contribution in [-0.4, -0.2) is 64.0 Å². The van der Waals surface area contributed by atoms with Gasteiger partial charge in [0.05, 0.1) is 22.5 Å². The van der Waals surface area contributed by atoms with E-state index in [1.54, 1.807) is 0 Å². The van der Waals surface area contributed by atoms with Gasteiger partial charge >= 0.3 is 0 Å². The molecule has 0 saturated carbocycles. The van der Waals surface area contributed by atoms with Crippen molar-refractivity contribution in [2.75, 3.05) is 39.3 Å². The normalized spacial score (nSPS) is 17.8. The third kappa shape index (κ3) is 3.61. The quantitative estimate of drug-likeness (QED) is 0.845. The van der Waals surface area contributed by atoms with Gasteiger partial charge in [0.25, 0.3) is 0 Å². The second-order valence-corrected chi connectivity index (χ2v) is 6.01. The van der Waals surface area contributed by atoms with Gasteiger partial charge < -0.3 is 5.11 Å². The molecule has 0 bridgehead atoms. The van der Waals surface area contributed by atoms with Gasteiger partial charge in [-0.15, -0.1) is 0 Å². The third-order valence-electron chi connectivity index (χ3n) is 3.95. The summed E-state index contributed by atoms with van der Waals surface area (Å²) in [5, 5.41) is 13.6. The molecule has 6 heteroatoms. The number of nitrogens with zero attached hydrogens (tertiary/aromatic N) is 4. The van der Waals surface area contributed by atoms with Crippen LogP contribution >= 0.6 is 15.9 Å². The van der Waals surface area contributed by atoms with E-state index in [-0.39, 0.29) is 6.61 Å². The molecule has 1 aliphatic heterocycles. The van der Waals surface area contributed by atoms with Crippen molar-refractivity contribution in [1.29, 1.82) is 0 Å². The molecule has 0 amide bonds. The molecule has 1 N–H and O–H groups in total. The van der Waals surface area contributed by atoms with Crippen LogP contribution in [0.15, 0.2) is 4.47 Å². The summed E-state index contributed by atoms with van der Waals surface area (Å²) in [6.45, 7) is 11.4. The van der Waals surface area contributed by atoms with E-state index in [2.05, 4.69) is 49.4 Å². The van der Waals surface area contributed by atoms with Crippen molar-refractivity contribution >= 4 is 15.9 Å². The zero-order valence-corrected chi connectivity index (χ0v) is 14.1. The molecular formula is C14H25BrN4O. The lowest BCUT2D eigenvalue weighted by atomic mass is 10.2. The summed E-state index contributed by atoms with van der Waals surface area (Å²) in [7, 11) is 0. The van der Waals surface area contributed by atoms with Crippen molar-refractivity contribution in [3.8, 4) is 0 Å². The monoisotopic (exact) mass is 344 g/mol. The third-order valence-corrected chi connectivity index (χ3v) is 4.86. The topological polar surface area (TPSA) is 44.5 Å². The molecule has 0 radical (unpaired) electrons. The fourth-order valence-corrected chi connectivity index (χ4v) is 3.38. The maximum atomic E-state index is 8.98. The predicted octanol–water partition coefficient (Wildman–Crippen LogP) is 1.34. The molecule has 0 aliphatic carbocycles. The molecule has 0 atom stereocenters. The van der Waals surface area contributed by atoms with Gasteiger partial charge in [0.1, 0.15) is 0 Å². The molecule has 1 fully saturated rings. The summed E-state index contributed by atoms with van der Waals surface area (Å²) < 4.78 is 3.29. The van der Waals surface area contributed by atoms with Crippen molar-refractivity contribution in [2.24, 2.45) is 0 Å². The molecule has 1 aromatic heterocycles. The van der Waals surface area contributed by atoms with Gasteiger partial charge in [-0.2, -0.15) is 5.10 Å². The fraction of sp³-hybridized carbons (Fsp3) is 0.786. The molecule has 0 aromatic carbocycles. The molecule has 2 heterocycles. The van der Waals surface area contributed by atoms with Gasteiger partial charge in [-0.25, -0.2) is 0 Å². The Morgan fingerprint density at radius 1 is 1.15 bits per heavy atom. The van der Waals surface area contributed by atoms with Crippen LogP contribution < -0.4 is 0 Å². The van der Waals surface area contributed by atoms with E-state index in [0.717, 1.165) is 57.9 Å². The molecule has 114 valence electrons. The number of aliphatic hydroxyl groups excluding tert-OH is 1. The number of rotatable bonds is 6. The lowest BCUT2D eigenvalue weighted by Crippen LogP contribution is -2.46. The van der Waals surface area contributed by atoms with Crippen LogP contribution in [0.4, 0.5) is 0 Å². The second-order valence-electron chi connectivity index (χ2n) is 5.22. The van der Waals surface area contributed by atoms with E-state index in [1.807, 2.05) is 0 Å². The molecule has 1 saturated heterocycles. The second kappa shape index (κ2) is 7.54. The Hall–Kier alpha value is -0.430. The Labute approximate surface area is 129 Å². The molecule has 20 heavy (non-hydrogen) atoms. The smallest absolute Gasteiger partial charge is 0.0767 e. The Balaban J connectivity index is 1.99. The first-order valence-electron chi connectivity index (χ1n) is 7.49. The summed E-state index contributed by atoms with van der Waals surface area (Å²) in [6.07, 6.45) is 0.963. The van der Waals surface area contributed by atoms with Crippen molar-refractivity contribution in [3.05, 3.63) is 15.9 Å². The van der Waals surface area contributed by atoms with Crippen molar-refractivity contribution in [2.45, 2.75) is 33.4 Å². The Morgan fingerprint density at radius 2 is 1.80 bits per heavy atom. The summed E-state index contributed by atoms with van der Waals surface area (Å²) in [5.41, 5.74) is 2.45. The maximum Gasteiger partial charge on any atom is 0.0767 e. The molecule has 1 aliphatic rings. The molecular weight excluding hydrogens is 320 g/mol. The predicted molar refractivity (Wildman–Crippen MR) is 83.8 cm³/mol. The van der Waals surface area contributed by atoms with Crippen LogP contribution in [0.25, 0.3) is 0 Å². The minimum absolute atomic E-state index is 0.258. The summed E-state index contributed by atoms with van der Waals surface area (Å²) in [6, 6.07) is 0. The average molecular weight is 345 g/mol. The van der Waals surface area contributed by atoms with Crippen LogP contribution in [0.2, 0.25) is 0 Å². The van der Waals surface area contributed by atoms with Gasteiger partial charge in [0, 0.05) is 45.8 Å². The first-order valence-corrected chi connectivity index (χ1v) is 8.28. The summed E-state index contributed by atoms with van der Waals surface area (Å²) in [5.74, 6) is 0. The maximum absolute atomic E-state index is 8.98. The van der Waals surface area contributed by atoms with E-state index in [4.69, 9.17) is 5.11 Å². The van der Waals surface area contributed by atoms with Crippen molar-refractivity contribution in [3.63, 3.8) is 0 Å². The summed E-state index contributed by atoms with van der Waals surface area (Å²) >= 11 is 3.71. The highest BCUT2D eigenvalue weighted by molar-refractivity contribution is 9.10. The van der Waals surface area contributed by atoms with E-state index in [9.17, 15) is 0 Å². The Bertz CT molecular complexity index is 427. The zero-order chi connectivity index (χ0) is 14.5. The highest BCUT2D eigenvalue weighted by atomic mass is 79.9. The number of aliphatic hydroxyl groups is 1. The fourth-order valence-electron chi connectivity index (χ4n) is 2.69. The minimum atomic E-state index is 0.258. The number of aryl methyl sites for hydroxylation is 2. The van der Waals surface area contributed by atoms with Crippen LogP contribution in [-0.2, 0) is 19.5 Å². The first kappa shape index (κ1) is 15.9. The molecule has 2 rings (SSSR count). The van der Waals surface area contributed by atoms with E-state index < -0.39 is 0 Å². The Morgan fingerprint density at radius 3 is 2.35 bits per heavy atom. The van der Waals surface area contributed by atoms with Gasteiger partial charge in [-0.3, -0.25) is 14.5 Å². The minimum Gasteiger partial charge on any atom is -0.395 e. The highest BCUT2D eigenvalue weighted by Gasteiger charge is 2.20. The van der Waals surface area contributed by atoms with Crippen molar-refractivity contribution < 1.29 is 5.11 Å². The number of halogens is 1. The Kier molecular flexibility index (Phi) is 6.01. The van der Waals surface area contributed by atoms with Crippen LogP contribution in [0.3, 0.4) is 0 Å². The van der Waals surface area contributed by atoms with Crippen molar-refractivity contribution in [1.82, 2.24) is 19.6 Å². The molecule has 0 spiro atoms. The number of hydrogen-bond acceptors (Lipinski definition) is 4. The molecule has 1 aromatic rings. The zero-order valence-electron chi connectivity index (χ0n) is 12.5.